The maximum absolute atomic E-state index is 11.5. The van der Waals surface area contributed by atoms with Crippen molar-refractivity contribution in [2.24, 2.45) is 0 Å². The van der Waals surface area contributed by atoms with Gasteiger partial charge in [-0.25, -0.2) is 0 Å². The Bertz CT molecular complexity index is 596. The monoisotopic (exact) mass is 261 g/mol. The minimum atomic E-state index is -0.321. The third kappa shape index (κ3) is 2.31. The summed E-state index contributed by atoms with van der Waals surface area (Å²) in [6.45, 7) is 0. The van der Waals surface area contributed by atoms with Gasteiger partial charge in [-0.1, -0.05) is 35.9 Å². The molecule has 0 saturated heterocycles. The van der Waals surface area contributed by atoms with Gasteiger partial charge in [0.05, 0.1) is 5.56 Å². The zero-order valence-electron chi connectivity index (χ0n) is 9.77. The quantitative estimate of drug-likeness (QED) is 0.873. The highest BCUT2D eigenvalue weighted by Gasteiger charge is 2.11. The van der Waals surface area contributed by atoms with Crippen LogP contribution in [0.1, 0.15) is 10.4 Å². The molecule has 1 amide bonds. The van der Waals surface area contributed by atoms with Crippen LogP contribution in [0.25, 0.3) is 11.1 Å². The lowest BCUT2D eigenvalue weighted by molar-refractivity contribution is 0.0960. The lowest BCUT2D eigenvalue weighted by atomic mass is 10.0. The number of hydrogen-bond donors (Lipinski definition) is 2. The minimum absolute atomic E-state index is 0.0632. The third-order valence-electron chi connectivity index (χ3n) is 2.65. The molecule has 0 aliphatic carbocycles. The Kier molecular flexibility index (Phi) is 3.53. The van der Waals surface area contributed by atoms with Crippen LogP contribution in [0.15, 0.2) is 42.5 Å². The molecule has 0 fully saturated rings. The number of rotatable bonds is 2. The normalized spacial score (nSPS) is 10.1. The molecule has 2 N–H and O–H groups in total. The maximum atomic E-state index is 11.5. The molecule has 0 aromatic heterocycles. The van der Waals surface area contributed by atoms with Crippen LogP contribution in [-0.2, 0) is 0 Å². The van der Waals surface area contributed by atoms with Crippen molar-refractivity contribution >= 4 is 17.5 Å². The molecule has 0 bridgehead atoms. The van der Waals surface area contributed by atoms with Crippen LogP contribution in [0.4, 0.5) is 0 Å². The molecule has 2 aromatic rings. The first-order valence-corrected chi connectivity index (χ1v) is 5.81. The van der Waals surface area contributed by atoms with Gasteiger partial charge in [0.1, 0.15) is 5.75 Å². The van der Waals surface area contributed by atoms with Crippen LogP contribution >= 0.6 is 11.6 Å². The Morgan fingerprint density at radius 3 is 2.56 bits per heavy atom. The summed E-state index contributed by atoms with van der Waals surface area (Å²) in [5.41, 5.74) is 1.83. The second-order valence-corrected chi connectivity index (χ2v) is 4.20. The first-order chi connectivity index (χ1) is 8.63. The number of nitrogens with one attached hydrogen (secondary N) is 1. The van der Waals surface area contributed by atoms with Crippen molar-refractivity contribution in [2.45, 2.75) is 0 Å². The van der Waals surface area contributed by atoms with E-state index in [-0.39, 0.29) is 17.2 Å². The zero-order valence-corrected chi connectivity index (χ0v) is 10.5. The molecule has 0 saturated carbocycles. The molecule has 2 aromatic carbocycles. The minimum Gasteiger partial charge on any atom is -0.507 e. The van der Waals surface area contributed by atoms with Gasteiger partial charge in [0.15, 0.2) is 0 Å². The molecule has 0 aliphatic rings. The Morgan fingerprint density at radius 1 is 1.22 bits per heavy atom. The van der Waals surface area contributed by atoms with E-state index in [9.17, 15) is 9.90 Å². The highest BCUT2D eigenvalue weighted by atomic mass is 35.5. The topological polar surface area (TPSA) is 49.3 Å². The number of phenolic OH excluding ortho intramolecular Hbond substituents is 1. The summed E-state index contributed by atoms with van der Waals surface area (Å²) in [5, 5.41) is 12.9. The summed E-state index contributed by atoms with van der Waals surface area (Å²) in [5.74, 6) is -0.384. The van der Waals surface area contributed by atoms with E-state index >= 15 is 0 Å². The zero-order chi connectivity index (χ0) is 13.1. The maximum Gasteiger partial charge on any atom is 0.254 e. The number of aromatic hydroxyl groups is 1. The van der Waals surface area contributed by atoms with E-state index in [1.165, 1.54) is 13.1 Å². The summed E-state index contributed by atoms with van der Waals surface area (Å²) in [6.07, 6.45) is 0. The van der Waals surface area contributed by atoms with E-state index in [1.54, 1.807) is 18.2 Å². The van der Waals surface area contributed by atoms with E-state index < -0.39 is 0 Å². The smallest absolute Gasteiger partial charge is 0.254 e. The van der Waals surface area contributed by atoms with Crippen molar-refractivity contribution in [3.05, 3.63) is 53.1 Å². The first kappa shape index (κ1) is 12.5. The van der Waals surface area contributed by atoms with Gasteiger partial charge < -0.3 is 10.4 Å². The Labute approximate surface area is 110 Å². The molecule has 18 heavy (non-hydrogen) atoms. The average Bonchev–Trinajstić information content (AvgIpc) is 2.38. The van der Waals surface area contributed by atoms with E-state index in [0.717, 1.165) is 11.1 Å². The number of carbonyl (C=O) groups excluding carboxylic acids is 1. The highest BCUT2D eigenvalue weighted by Crippen LogP contribution is 2.31. The fourth-order valence-electron chi connectivity index (χ4n) is 1.72. The Hall–Kier alpha value is -2.00. The number of amides is 1. The SMILES string of the molecule is CNC(=O)c1ccc(-c2ccccc2Cl)cc1O. The highest BCUT2D eigenvalue weighted by molar-refractivity contribution is 6.33. The standard InChI is InChI=1S/C14H12ClNO2/c1-16-14(18)11-7-6-9(8-13(11)17)10-4-2-3-5-12(10)15/h2-8,17H,1H3,(H,16,18). The van der Waals surface area contributed by atoms with Gasteiger partial charge in [-0.3, -0.25) is 4.79 Å². The number of phenols is 1. The lowest BCUT2D eigenvalue weighted by Crippen LogP contribution is -2.17. The van der Waals surface area contributed by atoms with Gasteiger partial charge in [-0.05, 0) is 23.8 Å². The van der Waals surface area contributed by atoms with Gasteiger partial charge in [0, 0.05) is 17.6 Å². The van der Waals surface area contributed by atoms with Gasteiger partial charge in [0.2, 0.25) is 0 Å². The largest absolute Gasteiger partial charge is 0.507 e. The van der Waals surface area contributed by atoms with Crippen LogP contribution in [0, 0.1) is 0 Å². The van der Waals surface area contributed by atoms with Crippen LogP contribution in [-0.4, -0.2) is 18.1 Å². The molecule has 92 valence electrons. The molecular weight excluding hydrogens is 250 g/mol. The van der Waals surface area contributed by atoms with Gasteiger partial charge in [0.25, 0.3) is 5.91 Å². The summed E-state index contributed by atoms with van der Waals surface area (Å²) >= 11 is 6.08. The van der Waals surface area contributed by atoms with E-state index in [1.807, 2.05) is 18.2 Å². The molecule has 2 rings (SSSR count). The second-order valence-electron chi connectivity index (χ2n) is 3.79. The summed E-state index contributed by atoms with van der Waals surface area (Å²) < 4.78 is 0. The molecule has 0 aliphatic heterocycles. The van der Waals surface area contributed by atoms with Crippen LogP contribution in [0.2, 0.25) is 5.02 Å². The molecule has 0 spiro atoms. The summed E-state index contributed by atoms with van der Waals surface area (Å²) in [7, 11) is 1.52. The lowest BCUT2D eigenvalue weighted by Gasteiger charge is -2.08. The number of benzene rings is 2. The van der Waals surface area contributed by atoms with Crippen molar-refractivity contribution in [2.75, 3.05) is 7.05 Å². The second kappa shape index (κ2) is 5.10. The Morgan fingerprint density at radius 2 is 1.94 bits per heavy atom. The van der Waals surface area contributed by atoms with Gasteiger partial charge in [-0.2, -0.15) is 0 Å². The van der Waals surface area contributed by atoms with Crippen molar-refractivity contribution < 1.29 is 9.90 Å². The van der Waals surface area contributed by atoms with Crippen molar-refractivity contribution in [3.8, 4) is 16.9 Å². The van der Waals surface area contributed by atoms with E-state index in [4.69, 9.17) is 11.6 Å². The number of hydrogen-bond acceptors (Lipinski definition) is 2. The van der Waals surface area contributed by atoms with Gasteiger partial charge in [-0.15, -0.1) is 0 Å². The Balaban J connectivity index is 2.47. The predicted octanol–water partition coefficient (Wildman–Crippen LogP) is 3.07. The number of carbonyl (C=O) groups is 1. The fraction of sp³-hybridized carbons (Fsp3) is 0.0714. The molecule has 0 unspecified atom stereocenters. The third-order valence-corrected chi connectivity index (χ3v) is 2.98. The van der Waals surface area contributed by atoms with E-state index in [2.05, 4.69) is 5.32 Å². The summed E-state index contributed by atoms with van der Waals surface area (Å²) in [6, 6.07) is 12.2. The van der Waals surface area contributed by atoms with Crippen molar-refractivity contribution in [1.29, 1.82) is 0 Å². The summed E-state index contributed by atoms with van der Waals surface area (Å²) in [4.78, 5) is 11.5. The molecule has 0 atom stereocenters. The van der Waals surface area contributed by atoms with Gasteiger partial charge >= 0.3 is 0 Å². The van der Waals surface area contributed by atoms with Crippen molar-refractivity contribution in [3.63, 3.8) is 0 Å². The van der Waals surface area contributed by atoms with E-state index in [0.29, 0.717) is 5.02 Å². The van der Waals surface area contributed by atoms with Crippen LogP contribution in [0.5, 0.6) is 5.75 Å². The molecule has 0 radical (unpaired) electrons. The average molecular weight is 262 g/mol. The number of halogens is 1. The molecule has 0 heterocycles. The van der Waals surface area contributed by atoms with Crippen LogP contribution < -0.4 is 5.32 Å². The molecule has 3 nitrogen and oxygen atoms in total. The van der Waals surface area contributed by atoms with Crippen LogP contribution in [0.3, 0.4) is 0 Å². The van der Waals surface area contributed by atoms with Crippen molar-refractivity contribution in [1.82, 2.24) is 5.32 Å². The fourth-order valence-corrected chi connectivity index (χ4v) is 1.97. The first-order valence-electron chi connectivity index (χ1n) is 5.43. The predicted molar refractivity (Wildman–Crippen MR) is 71.9 cm³/mol. The molecule has 4 heteroatoms. The molecular formula is C14H12ClNO2.